The fourth-order valence-electron chi connectivity index (χ4n) is 2.20. The molecule has 98 valence electrons. The summed E-state index contributed by atoms with van der Waals surface area (Å²) in [5.41, 5.74) is 2.22. The molecule has 0 aliphatic rings. The Hall–Kier alpha value is -1.10. The number of benzene rings is 1. The highest BCUT2D eigenvalue weighted by Gasteiger charge is 2.09. The zero-order chi connectivity index (χ0) is 13.2. The Balaban J connectivity index is 1.73. The number of fused-ring (bicyclic) bond motifs is 1. The Morgan fingerprint density at radius 3 is 2.89 bits per heavy atom. The quantitative estimate of drug-likeness (QED) is 0.736. The fourth-order valence-corrected chi connectivity index (χ4v) is 3.62. The Bertz CT molecular complexity index is 701. The predicted octanol–water partition coefficient (Wildman–Crippen LogP) is 4.86. The van der Waals surface area contributed by atoms with Crippen molar-refractivity contribution in [1.29, 1.82) is 0 Å². The maximum atomic E-state index is 5.76. The molecule has 0 amide bonds. The molecule has 0 spiro atoms. The van der Waals surface area contributed by atoms with Gasteiger partial charge in [-0.25, -0.2) is 0 Å². The lowest BCUT2D eigenvalue weighted by molar-refractivity contribution is 0.565. The summed E-state index contributed by atoms with van der Waals surface area (Å²) in [6.45, 7) is 3.74. The standard InChI is InChI=1S/C15H14BrNOS/c1-10-14(13-4-2-3-5-15(13)18-10)8-17-7-12-6-11(16)9-19-12/h2-6,9,17H,7-8H2,1H3. The van der Waals surface area contributed by atoms with Crippen LogP contribution in [-0.4, -0.2) is 0 Å². The Morgan fingerprint density at radius 2 is 2.11 bits per heavy atom. The number of nitrogens with one attached hydrogen (secondary N) is 1. The van der Waals surface area contributed by atoms with Crippen LogP contribution < -0.4 is 5.32 Å². The Morgan fingerprint density at radius 1 is 1.26 bits per heavy atom. The number of para-hydroxylation sites is 1. The van der Waals surface area contributed by atoms with E-state index in [9.17, 15) is 0 Å². The maximum Gasteiger partial charge on any atom is 0.134 e. The van der Waals surface area contributed by atoms with Gasteiger partial charge in [0.1, 0.15) is 11.3 Å². The van der Waals surface area contributed by atoms with E-state index < -0.39 is 0 Å². The summed E-state index contributed by atoms with van der Waals surface area (Å²) in [5.74, 6) is 1.00. The minimum absolute atomic E-state index is 0.832. The summed E-state index contributed by atoms with van der Waals surface area (Å²) in [7, 11) is 0. The van der Waals surface area contributed by atoms with E-state index in [1.807, 2.05) is 19.1 Å². The summed E-state index contributed by atoms with van der Waals surface area (Å²) in [6.07, 6.45) is 0. The van der Waals surface area contributed by atoms with Gasteiger partial charge < -0.3 is 9.73 Å². The second-order valence-corrected chi connectivity index (χ2v) is 6.38. The van der Waals surface area contributed by atoms with Crippen molar-refractivity contribution in [2.24, 2.45) is 0 Å². The number of thiophene rings is 1. The van der Waals surface area contributed by atoms with Gasteiger partial charge in [-0.3, -0.25) is 0 Å². The molecular formula is C15H14BrNOS. The van der Waals surface area contributed by atoms with Gasteiger partial charge >= 0.3 is 0 Å². The van der Waals surface area contributed by atoms with E-state index >= 15 is 0 Å². The lowest BCUT2D eigenvalue weighted by Crippen LogP contribution is -2.12. The van der Waals surface area contributed by atoms with Gasteiger partial charge in [0.05, 0.1) is 0 Å². The van der Waals surface area contributed by atoms with Crippen LogP contribution in [0.5, 0.6) is 0 Å². The monoisotopic (exact) mass is 335 g/mol. The lowest BCUT2D eigenvalue weighted by atomic mass is 10.1. The van der Waals surface area contributed by atoms with E-state index in [1.54, 1.807) is 11.3 Å². The van der Waals surface area contributed by atoms with Gasteiger partial charge in [0.15, 0.2) is 0 Å². The number of hydrogen-bond donors (Lipinski definition) is 1. The van der Waals surface area contributed by atoms with E-state index in [-0.39, 0.29) is 0 Å². The third-order valence-electron chi connectivity index (χ3n) is 3.12. The molecule has 0 atom stereocenters. The van der Waals surface area contributed by atoms with Crippen LogP contribution >= 0.6 is 27.3 Å². The molecule has 0 bridgehead atoms. The molecule has 1 aromatic carbocycles. The lowest BCUT2D eigenvalue weighted by Gasteiger charge is -2.02. The van der Waals surface area contributed by atoms with Crippen LogP contribution in [0, 0.1) is 6.92 Å². The van der Waals surface area contributed by atoms with Crippen LogP contribution in [0.3, 0.4) is 0 Å². The Kier molecular flexibility index (Phi) is 3.73. The summed E-state index contributed by atoms with van der Waals surface area (Å²) in [6, 6.07) is 10.3. The largest absolute Gasteiger partial charge is 0.461 e. The summed E-state index contributed by atoms with van der Waals surface area (Å²) >= 11 is 5.24. The van der Waals surface area contributed by atoms with Crippen LogP contribution in [-0.2, 0) is 13.1 Å². The van der Waals surface area contributed by atoms with Crippen LogP contribution in [0.1, 0.15) is 16.2 Å². The normalized spacial score (nSPS) is 11.3. The van der Waals surface area contributed by atoms with Gasteiger partial charge in [0.2, 0.25) is 0 Å². The highest BCUT2D eigenvalue weighted by Crippen LogP contribution is 2.25. The first-order valence-corrected chi connectivity index (χ1v) is 7.82. The van der Waals surface area contributed by atoms with Crippen molar-refractivity contribution in [2.45, 2.75) is 20.0 Å². The third-order valence-corrected chi connectivity index (χ3v) is 4.82. The molecule has 3 rings (SSSR count). The van der Waals surface area contributed by atoms with Crippen LogP contribution in [0.15, 0.2) is 44.6 Å². The molecule has 1 N–H and O–H groups in total. The SMILES string of the molecule is Cc1oc2ccccc2c1CNCc1cc(Br)cs1. The number of furan rings is 1. The van der Waals surface area contributed by atoms with Crippen LogP contribution in [0.2, 0.25) is 0 Å². The molecule has 4 heteroatoms. The molecule has 3 aromatic rings. The molecule has 0 saturated heterocycles. The maximum absolute atomic E-state index is 5.76. The van der Waals surface area contributed by atoms with Gasteiger partial charge in [-0.15, -0.1) is 11.3 Å². The van der Waals surface area contributed by atoms with Crippen molar-refractivity contribution in [3.8, 4) is 0 Å². The summed E-state index contributed by atoms with van der Waals surface area (Å²) in [5, 5.41) is 6.79. The number of aryl methyl sites for hydroxylation is 1. The minimum Gasteiger partial charge on any atom is -0.461 e. The van der Waals surface area contributed by atoms with Crippen molar-refractivity contribution in [3.05, 3.63) is 56.4 Å². The molecule has 0 unspecified atom stereocenters. The molecule has 0 radical (unpaired) electrons. The van der Waals surface area contributed by atoms with E-state index in [0.717, 1.165) is 28.9 Å². The number of rotatable bonds is 4. The van der Waals surface area contributed by atoms with E-state index in [1.165, 1.54) is 15.8 Å². The molecular weight excluding hydrogens is 322 g/mol. The van der Waals surface area contributed by atoms with E-state index in [0.29, 0.717) is 0 Å². The zero-order valence-corrected chi connectivity index (χ0v) is 13.0. The van der Waals surface area contributed by atoms with Gasteiger partial charge in [0.25, 0.3) is 0 Å². The van der Waals surface area contributed by atoms with Gasteiger partial charge in [-0.2, -0.15) is 0 Å². The first kappa shape index (κ1) is 12.9. The average Bonchev–Trinajstić information content (AvgIpc) is 2.94. The molecule has 2 nitrogen and oxygen atoms in total. The van der Waals surface area contributed by atoms with Crippen LogP contribution in [0.25, 0.3) is 11.0 Å². The van der Waals surface area contributed by atoms with E-state index in [2.05, 4.69) is 44.8 Å². The van der Waals surface area contributed by atoms with Gasteiger partial charge in [-0.05, 0) is 35.0 Å². The van der Waals surface area contributed by atoms with Crippen molar-refractivity contribution >= 4 is 38.2 Å². The van der Waals surface area contributed by atoms with Crippen molar-refractivity contribution in [3.63, 3.8) is 0 Å². The van der Waals surface area contributed by atoms with Gasteiger partial charge in [0, 0.05) is 38.8 Å². The number of hydrogen-bond acceptors (Lipinski definition) is 3. The first-order valence-electron chi connectivity index (χ1n) is 6.14. The molecule has 2 heterocycles. The van der Waals surface area contributed by atoms with Crippen molar-refractivity contribution in [1.82, 2.24) is 5.32 Å². The fraction of sp³-hybridized carbons (Fsp3) is 0.200. The summed E-state index contributed by atoms with van der Waals surface area (Å²) < 4.78 is 6.91. The highest BCUT2D eigenvalue weighted by molar-refractivity contribution is 9.10. The molecule has 0 saturated carbocycles. The van der Waals surface area contributed by atoms with Crippen LogP contribution in [0.4, 0.5) is 0 Å². The topological polar surface area (TPSA) is 25.2 Å². The predicted molar refractivity (Wildman–Crippen MR) is 83.5 cm³/mol. The van der Waals surface area contributed by atoms with Crippen molar-refractivity contribution in [2.75, 3.05) is 0 Å². The smallest absolute Gasteiger partial charge is 0.134 e. The highest BCUT2D eigenvalue weighted by atomic mass is 79.9. The molecule has 2 aromatic heterocycles. The van der Waals surface area contributed by atoms with Gasteiger partial charge in [-0.1, -0.05) is 18.2 Å². The molecule has 0 aliphatic carbocycles. The third kappa shape index (κ3) is 2.76. The molecule has 19 heavy (non-hydrogen) atoms. The zero-order valence-electron chi connectivity index (χ0n) is 10.6. The minimum atomic E-state index is 0.832. The molecule has 0 fully saturated rings. The first-order chi connectivity index (χ1) is 9.24. The second kappa shape index (κ2) is 5.49. The molecule has 0 aliphatic heterocycles. The second-order valence-electron chi connectivity index (χ2n) is 4.47. The summed E-state index contributed by atoms with van der Waals surface area (Å²) in [4.78, 5) is 1.33. The Labute approximate surface area is 124 Å². The van der Waals surface area contributed by atoms with E-state index in [4.69, 9.17) is 4.42 Å². The average molecular weight is 336 g/mol. The number of halogens is 1. The van der Waals surface area contributed by atoms with Crippen molar-refractivity contribution < 1.29 is 4.42 Å².